The van der Waals surface area contributed by atoms with E-state index < -0.39 is 28.3 Å². The molecule has 2 aromatic rings. The number of hydrogen-bond donors (Lipinski definition) is 1. The third-order valence-electron chi connectivity index (χ3n) is 4.01. The molecular weight excluding hydrogens is 444 g/mol. The van der Waals surface area contributed by atoms with Crippen LogP contribution < -0.4 is 10.1 Å². The molecule has 0 atom stereocenters. The van der Waals surface area contributed by atoms with Gasteiger partial charge in [-0.15, -0.1) is 0 Å². The minimum Gasteiger partial charge on any atom is -0.481 e. The summed E-state index contributed by atoms with van der Waals surface area (Å²) in [5.41, 5.74) is -0.882. The molecule has 0 saturated carbocycles. The van der Waals surface area contributed by atoms with Crippen LogP contribution in [-0.2, 0) is 16.0 Å². The minimum absolute atomic E-state index is 0.0161. The van der Waals surface area contributed by atoms with Crippen molar-refractivity contribution < 1.29 is 28.7 Å². The summed E-state index contributed by atoms with van der Waals surface area (Å²) in [6.45, 7) is 10.0. The molecule has 1 heterocycles. The van der Waals surface area contributed by atoms with E-state index in [0.29, 0.717) is 11.3 Å². The zero-order chi connectivity index (χ0) is 25.7. The van der Waals surface area contributed by atoms with E-state index in [4.69, 9.17) is 14.2 Å². The van der Waals surface area contributed by atoms with Crippen molar-refractivity contribution in [1.82, 2.24) is 9.88 Å². The van der Waals surface area contributed by atoms with Gasteiger partial charge in [0.2, 0.25) is 11.7 Å². The predicted molar refractivity (Wildman–Crippen MR) is 125 cm³/mol. The number of nitrogens with one attached hydrogen (secondary N) is 1. The Hall–Kier alpha value is -3.89. The standard InChI is InChI=1S/C23H30N4O7/c1-22(2,3)33-20(28)26(21(29)34-23(4,5)6)14-15-9-8-10-16(13-15)24-19-17(27(30)31)11-12-18(25-19)32-7/h8-13H,14H2,1-7H3,(H,24,25). The van der Waals surface area contributed by atoms with Crippen LogP contribution >= 0.6 is 0 Å². The van der Waals surface area contributed by atoms with Crippen molar-refractivity contribution in [2.45, 2.75) is 59.3 Å². The van der Waals surface area contributed by atoms with E-state index in [9.17, 15) is 19.7 Å². The maximum absolute atomic E-state index is 12.7. The van der Waals surface area contributed by atoms with Crippen LogP contribution in [0, 0.1) is 10.1 Å². The van der Waals surface area contributed by atoms with Crippen LogP contribution in [0.2, 0.25) is 0 Å². The predicted octanol–water partition coefficient (Wildman–Crippen LogP) is 5.41. The van der Waals surface area contributed by atoms with E-state index in [2.05, 4.69) is 10.3 Å². The van der Waals surface area contributed by atoms with Gasteiger partial charge in [-0.1, -0.05) is 12.1 Å². The van der Waals surface area contributed by atoms with Crippen molar-refractivity contribution in [3.8, 4) is 5.88 Å². The maximum atomic E-state index is 12.7. The van der Waals surface area contributed by atoms with Gasteiger partial charge in [-0.05, 0) is 59.2 Å². The molecule has 0 aliphatic heterocycles. The normalized spacial score (nSPS) is 11.4. The summed E-state index contributed by atoms with van der Waals surface area (Å²) in [4.78, 5) is 41.3. The highest BCUT2D eigenvalue weighted by Crippen LogP contribution is 2.28. The van der Waals surface area contributed by atoms with Gasteiger partial charge in [0, 0.05) is 17.8 Å². The van der Waals surface area contributed by atoms with Crippen LogP contribution in [-0.4, -0.2) is 45.3 Å². The van der Waals surface area contributed by atoms with Crippen molar-refractivity contribution in [1.29, 1.82) is 0 Å². The number of pyridine rings is 1. The quantitative estimate of drug-likeness (QED) is 0.430. The Morgan fingerprint density at radius 3 is 2.12 bits per heavy atom. The number of ether oxygens (including phenoxy) is 3. The summed E-state index contributed by atoms with van der Waals surface area (Å²) >= 11 is 0. The Labute approximate surface area is 198 Å². The highest BCUT2D eigenvalue weighted by Gasteiger charge is 2.31. The number of nitrogens with zero attached hydrogens (tertiary/aromatic N) is 3. The fourth-order valence-electron chi connectivity index (χ4n) is 2.69. The van der Waals surface area contributed by atoms with E-state index in [-0.39, 0.29) is 23.9 Å². The topological polar surface area (TPSA) is 133 Å². The smallest absolute Gasteiger partial charge is 0.420 e. The second kappa shape index (κ2) is 10.4. The van der Waals surface area contributed by atoms with Crippen molar-refractivity contribution in [2.75, 3.05) is 12.4 Å². The SMILES string of the molecule is COc1ccc([N+](=O)[O-])c(Nc2cccc(CN(C(=O)OC(C)(C)C)C(=O)OC(C)(C)C)c2)n1. The summed E-state index contributed by atoms with van der Waals surface area (Å²) < 4.78 is 15.8. The Morgan fingerprint density at radius 2 is 1.62 bits per heavy atom. The molecule has 184 valence electrons. The van der Waals surface area contributed by atoms with Gasteiger partial charge in [0.1, 0.15) is 11.2 Å². The van der Waals surface area contributed by atoms with E-state index in [1.807, 2.05) is 0 Å². The third kappa shape index (κ3) is 7.91. The maximum Gasteiger partial charge on any atom is 0.420 e. The summed E-state index contributed by atoms with van der Waals surface area (Å²) in [6, 6.07) is 9.34. The number of imide groups is 1. The first-order valence-electron chi connectivity index (χ1n) is 10.5. The second-order valence-electron chi connectivity index (χ2n) is 9.35. The van der Waals surface area contributed by atoms with E-state index in [1.54, 1.807) is 65.8 Å². The highest BCUT2D eigenvalue weighted by molar-refractivity contribution is 5.88. The molecule has 0 spiro atoms. The van der Waals surface area contributed by atoms with E-state index in [1.165, 1.54) is 19.2 Å². The lowest BCUT2D eigenvalue weighted by atomic mass is 10.2. The Bertz CT molecular complexity index is 1030. The largest absolute Gasteiger partial charge is 0.481 e. The molecule has 0 aliphatic rings. The van der Waals surface area contributed by atoms with Crippen molar-refractivity contribution in [3.05, 3.63) is 52.1 Å². The van der Waals surface area contributed by atoms with Crippen LogP contribution in [0.25, 0.3) is 0 Å². The van der Waals surface area contributed by atoms with Gasteiger partial charge in [0.15, 0.2) is 0 Å². The first kappa shape index (κ1) is 26.4. The van der Waals surface area contributed by atoms with Crippen LogP contribution in [0.3, 0.4) is 0 Å². The molecule has 1 aromatic heterocycles. The van der Waals surface area contributed by atoms with Gasteiger partial charge in [-0.3, -0.25) is 10.1 Å². The molecule has 0 fully saturated rings. The molecule has 0 bridgehead atoms. The molecule has 11 heteroatoms. The first-order chi connectivity index (χ1) is 15.7. The molecule has 0 aliphatic carbocycles. The fraction of sp³-hybridized carbons (Fsp3) is 0.435. The Morgan fingerprint density at radius 1 is 1.03 bits per heavy atom. The Kier molecular flexibility index (Phi) is 8.04. The Balaban J connectivity index is 2.34. The lowest BCUT2D eigenvalue weighted by molar-refractivity contribution is -0.384. The van der Waals surface area contributed by atoms with Crippen LogP contribution in [0.4, 0.5) is 26.8 Å². The van der Waals surface area contributed by atoms with Gasteiger partial charge in [0.25, 0.3) is 0 Å². The monoisotopic (exact) mass is 474 g/mol. The van der Waals surface area contributed by atoms with Crippen LogP contribution in [0.15, 0.2) is 36.4 Å². The first-order valence-corrected chi connectivity index (χ1v) is 10.5. The molecule has 34 heavy (non-hydrogen) atoms. The number of benzene rings is 1. The molecule has 2 rings (SSSR count). The molecule has 2 amide bonds. The molecule has 0 unspecified atom stereocenters. The lowest BCUT2D eigenvalue weighted by Crippen LogP contribution is -2.43. The van der Waals surface area contributed by atoms with Crippen molar-refractivity contribution >= 4 is 29.4 Å². The number of carbonyl (C=O) groups is 2. The van der Waals surface area contributed by atoms with Gasteiger partial charge < -0.3 is 19.5 Å². The number of rotatable bonds is 6. The van der Waals surface area contributed by atoms with Crippen molar-refractivity contribution in [3.63, 3.8) is 0 Å². The molecular formula is C23H30N4O7. The zero-order valence-corrected chi connectivity index (χ0v) is 20.4. The summed E-state index contributed by atoms with van der Waals surface area (Å²) in [6.07, 6.45) is -1.71. The number of amides is 2. The number of aromatic nitrogens is 1. The van der Waals surface area contributed by atoms with Crippen molar-refractivity contribution in [2.24, 2.45) is 0 Å². The van der Waals surface area contributed by atoms with Gasteiger partial charge in [-0.25, -0.2) is 14.5 Å². The minimum atomic E-state index is -0.856. The average molecular weight is 475 g/mol. The number of methoxy groups -OCH3 is 1. The van der Waals surface area contributed by atoms with E-state index >= 15 is 0 Å². The average Bonchev–Trinajstić information content (AvgIpc) is 2.69. The number of nitro groups is 1. The highest BCUT2D eigenvalue weighted by atomic mass is 16.6. The van der Waals surface area contributed by atoms with Crippen LogP contribution in [0.1, 0.15) is 47.1 Å². The number of anilines is 2. The number of carbonyl (C=O) groups excluding carboxylic acids is 2. The molecule has 11 nitrogen and oxygen atoms in total. The molecule has 0 saturated heterocycles. The van der Waals surface area contributed by atoms with Crippen LogP contribution in [0.5, 0.6) is 5.88 Å². The zero-order valence-electron chi connectivity index (χ0n) is 20.4. The van der Waals surface area contributed by atoms with Gasteiger partial charge in [0.05, 0.1) is 18.6 Å². The third-order valence-corrected chi connectivity index (χ3v) is 4.01. The second-order valence-corrected chi connectivity index (χ2v) is 9.35. The molecule has 0 radical (unpaired) electrons. The summed E-state index contributed by atoms with van der Waals surface area (Å²) in [5, 5.41) is 14.3. The summed E-state index contributed by atoms with van der Waals surface area (Å²) in [7, 11) is 1.40. The van der Waals surface area contributed by atoms with E-state index in [0.717, 1.165) is 4.90 Å². The summed E-state index contributed by atoms with van der Waals surface area (Å²) in [5.74, 6) is 0.183. The fourth-order valence-corrected chi connectivity index (χ4v) is 2.69. The van der Waals surface area contributed by atoms with Gasteiger partial charge in [-0.2, -0.15) is 4.98 Å². The lowest BCUT2D eigenvalue weighted by Gasteiger charge is -2.28. The van der Waals surface area contributed by atoms with Gasteiger partial charge >= 0.3 is 17.9 Å². The molecule has 1 N–H and O–H groups in total. The molecule has 1 aromatic carbocycles. The number of hydrogen-bond acceptors (Lipinski definition) is 9.